The molecule has 0 unspecified atom stereocenters. The monoisotopic (exact) mass is 323 g/mol. The number of benzene rings is 1. The highest BCUT2D eigenvalue weighted by Gasteiger charge is 2.05. The van der Waals surface area contributed by atoms with E-state index in [4.69, 9.17) is 5.11 Å². The van der Waals surface area contributed by atoms with Gasteiger partial charge >= 0.3 is 0 Å². The van der Waals surface area contributed by atoms with Gasteiger partial charge < -0.3 is 15.0 Å². The maximum atomic E-state index is 11.9. The van der Waals surface area contributed by atoms with Gasteiger partial charge in [-0.2, -0.15) is 0 Å². The van der Waals surface area contributed by atoms with Gasteiger partial charge in [-0.15, -0.1) is 0 Å². The third-order valence-electron chi connectivity index (χ3n) is 2.66. The molecule has 19 heavy (non-hydrogen) atoms. The van der Waals surface area contributed by atoms with Gasteiger partial charge in [0.05, 0.1) is 0 Å². The highest BCUT2D eigenvalue weighted by Crippen LogP contribution is 2.14. The van der Waals surface area contributed by atoms with Crippen molar-refractivity contribution in [2.75, 3.05) is 11.9 Å². The molecule has 2 aromatic rings. The number of rotatable bonds is 4. The summed E-state index contributed by atoms with van der Waals surface area (Å²) >= 11 is 3.25. The van der Waals surface area contributed by atoms with Crippen molar-refractivity contribution >= 4 is 27.4 Å². The number of nitrogens with one attached hydrogen (secondary N) is 1. The van der Waals surface area contributed by atoms with Gasteiger partial charge in [0.25, 0.3) is 5.56 Å². The lowest BCUT2D eigenvalue weighted by Crippen LogP contribution is -2.21. The number of halogens is 1. The number of aliphatic hydroxyl groups excluding tert-OH is 1. The minimum atomic E-state index is -0.192. The Morgan fingerprint density at radius 1 is 1.37 bits per heavy atom. The van der Waals surface area contributed by atoms with Crippen LogP contribution in [0.15, 0.2) is 39.9 Å². The summed E-state index contributed by atoms with van der Waals surface area (Å²) in [5.74, 6) is 0.270. The minimum Gasteiger partial charge on any atom is -0.396 e. The van der Waals surface area contributed by atoms with Crippen molar-refractivity contribution in [2.45, 2.75) is 6.42 Å². The first-order valence-corrected chi connectivity index (χ1v) is 6.59. The summed E-state index contributed by atoms with van der Waals surface area (Å²) in [5, 5.41) is 11.8. The topological polar surface area (TPSA) is 67.2 Å². The van der Waals surface area contributed by atoms with Crippen molar-refractivity contribution < 1.29 is 5.11 Å². The van der Waals surface area contributed by atoms with Gasteiger partial charge in [-0.05, 0) is 40.0 Å². The lowest BCUT2D eigenvalue weighted by atomic mass is 10.1. The number of hydrogen-bond acceptors (Lipinski definition) is 4. The molecule has 0 saturated heterocycles. The molecular formula is C13H14BrN3O2. The van der Waals surface area contributed by atoms with Crippen LogP contribution in [-0.2, 0) is 13.5 Å². The van der Waals surface area contributed by atoms with E-state index in [0.29, 0.717) is 11.0 Å². The van der Waals surface area contributed by atoms with Gasteiger partial charge in [-0.1, -0.05) is 12.1 Å². The molecule has 0 aliphatic heterocycles. The lowest BCUT2D eigenvalue weighted by molar-refractivity contribution is 0.299. The Morgan fingerprint density at radius 3 is 2.68 bits per heavy atom. The Hall–Kier alpha value is -1.66. The van der Waals surface area contributed by atoms with E-state index in [9.17, 15) is 4.79 Å². The maximum Gasteiger partial charge on any atom is 0.293 e. The minimum absolute atomic E-state index is 0.126. The van der Waals surface area contributed by atoms with Crippen LogP contribution in [0.1, 0.15) is 5.56 Å². The molecule has 0 amide bonds. The van der Waals surface area contributed by atoms with E-state index in [2.05, 4.69) is 26.2 Å². The molecule has 2 N–H and O–H groups in total. The van der Waals surface area contributed by atoms with Crippen molar-refractivity contribution in [1.82, 2.24) is 9.55 Å². The summed E-state index contributed by atoms with van der Waals surface area (Å²) in [6.07, 6.45) is 2.23. The fourth-order valence-electron chi connectivity index (χ4n) is 1.67. The van der Waals surface area contributed by atoms with Crippen molar-refractivity contribution in [2.24, 2.45) is 7.05 Å². The van der Waals surface area contributed by atoms with Gasteiger partial charge in [0.15, 0.2) is 5.82 Å². The van der Waals surface area contributed by atoms with Gasteiger partial charge in [0.2, 0.25) is 0 Å². The van der Waals surface area contributed by atoms with E-state index in [-0.39, 0.29) is 18.0 Å². The molecule has 6 heteroatoms. The predicted octanol–water partition coefficient (Wildman–Crippen LogP) is 1.82. The molecule has 1 aromatic carbocycles. The fourth-order valence-corrected chi connectivity index (χ4v) is 2.16. The van der Waals surface area contributed by atoms with E-state index in [1.165, 1.54) is 4.57 Å². The number of nitrogens with zero attached hydrogens (tertiary/aromatic N) is 2. The molecule has 1 aromatic heterocycles. The molecule has 0 spiro atoms. The molecule has 5 nitrogen and oxygen atoms in total. The zero-order chi connectivity index (χ0) is 13.8. The third kappa shape index (κ3) is 3.42. The first kappa shape index (κ1) is 13.8. The standard InChI is InChI=1S/C13H14BrN3O2/c1-17-8-11(14)16-12(13(17)19)15-10-4-2-9(3-5-10)6-7-18/h2-5,8,18H,6-7H2,1H3,(H,15,16). The van der Waals surface area contributed by atoms with Crippen LogP contribution in [0.2, 0.25) is 0 Å². The normalized spacial score (nSPS) is 10.5. The Morgan fingerprint density at radius 2 is 2.05 bits per heavy atom. The van der Waals surface area contributed by atoms with Gasteiger partial charge in [-0.3, -0.25) is 4.79 Å². The SMILES string of the molecule is Cn1cc(Br)nc(Nc2ccc(CCO)cc2)c1=O. The first-order valence-electron chi connectivity index (χ1n) is 5.80. The summed E-state index contributed by atoms with van der Waals surface area (Å²) in [6, 6.07) is 7.52. The smallest absolute Gasteiger partial charge is 0.293 e. The quantitative estimate of drug-likeness (QED) is 0.900. The van der Waals surface area contributed by atoms with E-state index in [1.807, 2.05) is 24.3 Å². The second-order valence-corrected chi connectivity index (χ2v) is 4.94. The Balaban J connectivity index is 2.24. The molecule has 0 atom stereocenters. The van der Waals surface area contributed by atoms with Crippen LogP contribution in [0.5, 0.6) is 0 Å². The van der Waals surface area contributed by atoms with Crippen LogP contribution >= 0.6 is 15.9 Å². The largest absolute Gasteiger partial charge is 0.396 e. The van der Waals surface area contributed by atoms with E-state index >= 15 is 0 Å². The molecule has 0 saturated carbocycles. The van der Waals surface area contributed by atoms with Crippen LogP contribution in [0, 0.1) is 0 Å². The molecule has 0 aliphatic rings. The number of aliphatic hydroxyl groups is 1. The Kier molecular flexibility index (Phi) is 4.34. The molecule has 2 rings (SSSR count). The van der Waals surface area contributed by atoms with E-state index < -0.39 is 0 Å². The molecule has 100 valence electrons. The van der Waals surface area contributed by atoms with Crippen molar-refractivity contribution in [3.8, 4) is 0 Å². The van der Waals surface area contributed by atoms with Crippen LogP contribution in [0.4, 0.5) is 11.5 Å². The van der Waals surface area contributed by atoms with Crippen molar-refractivity contribution in [3.63, 3.8) is 0 Å². The molecule has 0 aliphatic carbocycles. The lowest BCUT2D eigenvalue weighted by Gasteiger charge is -2.08. The summed E-state index contributed by atoms with van der Waals surface area (Å²) < 4.78 is 2.05. The zero-order valence-electron chi connectivity index (χ0n) is 10.4. The first-order chi connectivity index (χ1) is 9.10. The van der Waals surface area contributed by atoms with Gasteiger partial charge in [0.1, 0.15) is 4.60 Å². The number of anilines is 2. The van der Waals surface area contributed by atoms with Crippen LogP contribution in [0.25, 0.3) is 0 Å². The molecule has 0 fully saturated rings. The summed E-state index contributed by atoms with van der Waals surface area (Å²) in [7, 11) is 1.67. The van der Waals surface area contributed by atoms with Gasteiger partial charge in [-0.25, -0.2) is 4.98 Å². The number of hydrogen-bond donors (Lipinski definition) is 2. The Labute approximate surface area is 119 Å². The van der Waals surface area contributed by atoms with E-state index in [0.717, 1.165) is 11.3 Å². The summed E-state index contributed by atoms with van der Waals surface area (Å²) in [5.41, 5.74) is 1.63. The molecule has 0 bridgehead atoms. The number of aryl methyl sites for hydroxylation is 1. The third-order valence-corrected chi connectivity index (χ3v) is 3.04. The summed E-state index contributed by atoms with van der Waals surface area (Å²) in [4.78, 5) is 16.0. The predicted molar refractivity (Wildman–Crippen MR) is 77.7 cm³/mol. The van der Waals surface area contributed by atoms with Crippen LogP contribution < -0.4 is 10.9 Å². The maximum absolute atomic E-state index is 11.9. The zero-order valence-corrected chi connectivity index (χ0v) is 12.0. The van der Waals surface area contributed by atoms with Crippen LogP contribution in [-0.4, -0.2) is 21.3 Å². The molecule has 1 heterocycles. The molecule has 0 radical (unpaired) electrons. The van der Waals surface area contributed by atoms with Crippen molar-refractivity contribution in [3.05, 3.63) is 51.0 Å². The second-order valence-electron chi connectivity index (χ2n) is 4.12. The van der Waals surface area contributed by atoms with Crippen molar-refractivity contribution in [1.29, 1.82) is 0 Å². The van der Waals surface area contributed by atoms with Gasteiger partial charge in [0, 0.05) is 25.5 Å². The van der Waals surface area contributed by atoms with Crippen LogP contribution in [0.3, 0.4) is 0 Å². The average molecular weight is 324 g/mol. The Bertz CT molecular complexity index is 623. The second kappa shape index (κ2) is 5.99. The summed E-state index contributed by atoms with van der Waals surface area (Å²) in [6.45, 7) is 0.126. The highest BCUT2D eigenvalue weighted by molar-refractivity contribution is 9.10. The average Bonchev–Trinajstić information content (AvgIpc) is 2.38. The molecular weight excluding hydrogens is 310 g/mol. The number of aromatic nitrogens is 2. The van der Waals surface area contributed by atoms with E-state index in [1.54, 1.807) is 13.2 Å². The highest BCUT2D eigenvalue weighted by atomic mass is 79.9. The fraction of sp³-hybridized carbons (Fsp3) is 0.231.